The molecule has 0 fully saturated rings. The highest BCUT2D eigenvalue weighted by atomic mass is 32.2. The van der Waals surface area contributed by atoms with Gasteiger partial charge in [-0.3, -0.25) is 4.79 Å². The Labute approximate surface area is 142 Å². The van der Waals surface area contributed by atoms with Crippen LogP contribution >= 0.6 is 0 Å². The molecule has 0 aliphatic carbocycles. The smallest absolute Gasteiger partial charge is 0.251 e. The van der Waals surface area contributed by atoms with E-state index in [1.54, 1.807) is 24.3 Å². The molecule has 124 valence electrons. The number of hydrogen-bond acceptors (Lipinski definition) is 3. The van der Waals surface area contributed by atoms with Crippen molar-refractivity contribution >= 4 is 15.7 Å². The first kappa shape index (κ1) is 17.8. The van der Waals surface area contributed by atoms with Crippen molar-refractivity contribution < 1.29 is 13.2 Å². The minimum atomic E-state index is -3.15. The lowest BCUT2D eigenvalue weighted by atomic mass is 10.0. The van der Waals surface area contributed by atoms with Crippen LogP contribution in [0.15, 0.2) is 54.6 Å². The van der Waals surface area contributed by atoms with E-state index in [2.05, 4.69) is 11.2 Å². The van der Waals surface area contributed by atoms with Gasteiger partial charge in [0.1, 0.15) is 0 Å². The number of hydrogen-bond donors (Lipinski definition) is 1. The summed E-state index contributed by atoms with van der Waals surface area (Å²) < 4.78 is 22.8. The number of sulfone groups is 1. The maximum absolute atomic E-state index is 12.5. The molecule has 1 amide bonds. The molecule has 1 unspecified atom stereocenters. The van der Waals surface area contributed by atoms with E-state index in [1.165, 1.54) is 0 Å². The maximum atomic E-state index is 12.5. The number of amides is 1. The van der Waals surface area contributed by atoms with Gasteiger partial charge in [-0.1, -0.05) is 42.5 Å². The van der Waals surface area contributed by atoms with Crippen LogP contribution in [-0.2, 0) is 15.6 Å². The topological polar surface area (TPSA) is 63.2 Å². The lowest BCUT2D eigenvalue weighted by Gasteiger charge is -2.17. The molecule has 1 N–H and O–H groups in total. The molecule has 0 spiro atoms. The summed E-state index contributed by atoms with van der Waals surface area (Å²) in [5.41, 5.74) is 1.92. The Morgan fingerprint density at radius 3 is 2.50 bits per heavy atom. The average Bonchev–Trinajstić information content (AvgIpc) is 2.54. The molecule has 2 aromatic carbocycles. The zero-order valence-corrected chi connectivity index (χ0v) is 14.2. The van der Waals surface area contributed by atoms with Crippen LogP contribution in [0, 0.1) is 12.3 Å². The SMILES string of the molecule is C#CCC(NC(=O)c1cccc(CS(C)(=O)=O)c1)c1ccccc1. The fraction of sp³-hybridized carbons (Fsp3) is 0.211. The fourth-order valence-corrected chi connectivity index (χ4v) is 3.19. The van der Waals surface area contributed by atoms with E-state index in [1.807, 2.05) is 30.3 Å². The van der Waals surface area contributed by atoms with E-state index in [0.29, 0.717) is 17.5 Å². The second-order valence-electron chi connectivity index (χ2n) is 5.62. The third-order valence-electron chi connectivity index (χ3n) is 3.45. The number of rotatable bonds is 6. The van der Waals surface area contributed by atoms with Gasteiger partial charge in [-0.05, 0) is 23.3 Å². The van der Waals surface area contributed by atoms with Crippen molar-refractivity contribution in [2.24, 2.45) is 0 Å². The molecule has 0 aliphatic heterocycles. The van der Waals surface area contributed by atoms with Crippen molar-refractivity contribution in [1.82, 2.24) is 5.32 Å². The summed E-state index contributed by atoms with van der Waals surface area (Å²) in [7, 11) is -3.15. The summed E-state index contributed by atoms with van der Waals surface area (Å²) in [4.78, 5) is 12.5. The summed E-state index contributed by atoms with van der Waals surface area (Å²) in [6, 6.07) is 15.8. The molecule has 2 aromatic rings. The molecule has 5 heteroatoms. The maximum Gasteiger partial charge on any atom is 0.251 e. The van der Waals surface area contributed by atoms with E-state index in [4.69, 9.17) is 6.42 Å². The van der Waals surface area contributed by atoms with Gasteiger partial charge in [0.05, 0.1) is 11.8 Å². The van der Waals surface area contributed by atoms with Crippen molar-refractivity contribution in [3.05, 3.63) is 71.3 Å². The first-order valence-corrected chi connectivity index (χ1v) is 9.51. The Hall–Kier alpha value is -2.58. The van der Waals surface area contributed by atoms with E-state index in [0.717, 1.165) is 11.8 Å². The van der Waals surface area contributed by atoms with E-state index >= 15 is 0 Å². The number of nitrogens with one attached hydrogen (secondary N) is 1. The summed E-state index contributed by atoms with van der Waals surface area (Å²) in [5.74, 6) is 2.19. The highest BCUT2D eigenvalue weighted by Gasteiger charge is 2.15. The summed E-state index contributed by atoms with van der Waals surface area (Å²) in [6.45, 7) is 0. The van der Waals surface area contributed by atoms with Crippen molar-refractivity contribution in [3.8, 4) is 12.3 Å². The van der Waals surface area contributed by atoms with Gasteiger partial charge in [0.2, 0.25) is 0 Å². The molecule has 0 saturated heterocycles. The van der Waals surface area contributed by atoms with Crippen LogP contribution in [-0.4, -0.2) is 20.6 Å². The van der Waals surface area contributed by atoms with Gasteiger partial charge in [0, 0.05) is 18.2 Å². The largest absolute Gasteiger partial charge is 0.344 e. The first-order valence-electron chi connectivity index (χ1n) is 7.45. The molecule has 0 radical (unpaired) electrons. The van der Waals surface area contributed by atoms with Gasteiger partial charge < -0.3 is 5.32 Å². The van der Waals surface area contributed by atoms with Crippen LogP contribution in [0.3, 0.4) is 0 Å². The number of carbonyl (C=O) groups is 1. The molecule has 24 heavy (non-hydrogen) atoms. The highest BCUT2D eigenvalue weighted by molar-refractivity contribution is 7.89. The Balaban J connectivity index is 2.19. The quantitative estimate of drug-likeness (QED) is 0.822. The molecule has 0 saturated carbocycles. The predicted octanol–water partition coefficient (Wildman–Crippen LogP) is 2.73. The lowest BCUT2D eigenvalue weighted by Crippen LogP contribution is -2.28. The van der Waals surface area contributed by atoms with Crippen molar-refractivity contribution in [2.45, 2.75) is 18.2 Å². The van der Waals surface area contributed by atoms with Crippen molar-refractivity contribution in [2.75, 3.05) is 6.26 Å². The summed E-state index contributed by atoms with van der Waals surface area (Å²) in [5, 5.41) is 2.91. The third kappa shape index (κ3) is 5.25. The normalized spacial score (nSPS) is 12.2. The van der Waals surface area contributed by atoms with Crippen LogP contribution in [0.2, 0.25) is 0 Å². The van der Waals surface area contributed by atoms with Crippen LogP contribution in [0.1, 0.15) is 33.9 Å². The second-order valence-corrected chi connectivity index (χ2v) is 7.76. The Morgan fingerprint density at radius 2 is 1.88 bits per heavy atom. The molecular formula is C19H19NO3S. The van der Waals surface area contributed by atoms with Crippen molar-refractivity contribution in [1.29, 1.82) is 0 Å². The van der Waals surface area contributed by atoms with E-state index in [9.17, 15) is 13.2 Å². The number of benzene rings is 2. The van der Waals surface area contributed by atoms with Gasteiger partial charge in [-0.2, -0.15) is 0 Å². The highest BCUT2D eigenvalue weighted by Crippen LogP contribution is 2.17. The van der Waals surface area contributed by atoms with E-state index in [-0.39, 0.29) is 17.7 Å². The Bertz CT molecular complexity index is 852. The van der Waals surface area contributed by atoms with E-state index < -0.39 is 9.84 Å². The van der Waals surface area contributed by atoms with Crippen LogP contribution < -0.4 is 5.32 Å². The van der Waals surface area contributed by atoms with Crippen molar-refractivity contribution in [3.63, 3.8) is 0 Å². The Kier molecular flexibility index (Phi) is 5.78. The van der Waals surface area contributed by atoms with Gasteiger partial charge >= 0.3 is 0 Å². The zero-order valence-electron chi connectivity index (χ0n) is 13.4. The minimum Gasteiger partial charge on any atom is -0.344 e. The number of terminal acetylenes is 1. The summed E-state index contributed by atoms with van der Waals surface area (Å²) in [6.07, 6.45) is 6.95. The third-order valence-corrected chi connectivity index (χ3v) is 4.30. The van der Waals surface area contributed by atoms with Crippen LogP contribution in [0.5, 0.6) is 0 Å². The lowest BCUT2D eigenvalue weighted by molar-refractivity contribution is 0.0937. The van der Waals surface area contributed by atoms with Crippen LogP contribution in [0.25, 0.3) is 0 Å². The number of carbonyl (C=O) groups excluding carboxylic acids is 1. The molecule has 0 heterocycles. The fourth-order valence-electron chi connectivity index (χ4n) is 2.40. The minimum absolute atomic E-state index is 0.0966. The predicted molar refractivity (Wildman–Crippen MR) is 95.1 cm³/mol. The van der Waals surface area contributed by atoms with Gasteiger partial charge in [0.15, 0.2) is 9.84 Å². The molecule has 0 aromatic heterocycles. The summed E-state index contributed by atoms with van der Waals surface area (Å²) >= 11 is 0. The molecule has 4 nitrogen and oxygen atoms in total. The van der Waals surface area contributed by atoms with Gasteiger partial charge in [-0.15, -0.1) is 12.3 Å². The zero-order chi connectivity index (χ0) is 17.6. The van der Waals surface area contributed by atoms with Crippen LogP contribution in [0.4, 0.5) is 0 Å². The average molecular weight is 341 g/mol. The molecular weight excluding hydrogens is 322 g/mol. The first-order chi connectivity index (χ1) is 11.4. The van der Waals surface area contributed by atoms with Gasteiger partial charge in [-0.25, -0.2) is 8.42 Å². The van der Waals surface area contributed by atoms with Gasteiger partial charge in [0.25, 0.3) is 5.91 Å². The molecule has 0 bridgehead atoms. The molecule has 1 atom stereocenters. The monoisotopic (exact) mass is 341 g/mol. The standard InChI is InChI=1S/C19H19NO3S/c1-3-8-18(16-10-5-4-6-11-16)20-19(21)17-12-7-9-15(13-17)14-24(2,22)23/h1,4-7,9-13,18H,8,14H2,2H3,(H,20,21). The second kappa shape index (κ2) is 7.80. The molecule has 0 aliphatic rings. The molecule has 2 rings (SSSR count). The Morgan fingerprint density at radius 1 is 1.17 bits per heavy atom.